The summed E-state index contributed by atoms with van der Waals surface area (Å²) in [5.74, 6) is 0.108. The Labute approximate surface area is 144 Å². The summed E-state index contributed by atoms with van der Waals surface area (Å²) < 4.78 is 11.1. The van der Waals surface area contributed by atoms with Crippen LogP contribution in [0.4, 0.5) is 0 Å². The highest BCUT2D eigenvalue weighted by molar-refractivity contribution is 5.77. The molecule has 0 atom stereocenters. The minimum Gasteiger partial charge on any atom is -0.483 e. The molecule has 0 aromatic rings. The Morgan fingerprint density at radius 2 is 1.92 bits per heavy atom. The first-order valence-corrected chi connectivity index (χ1v) is 8.60. The SMILES string of the molecule is CN1CCC(OCCCNC(=O)CN2CCOCC2)CC1.O=CO. The fraction of sp³-hybridized carbons (Fsp3) is 0.875. The number of ether oxygens (including phenoxy) is 2. The van der Waals surface area contributed by atoms with Crippen LogP contribution in [0.2, 0.25) is 0 Å². The minimum atomic E-state index is -0.250. The van der Waals surface area contributed by atoms with Gasteiger partial charge in [-0.05, 0) is 26.3 Å². The van der Waals surface area contributed by atoms with Crippen molar-refractivity contribution in [2.45, 2.75) is 25.4 Å². The van der Waals surface area contributed by atoms with Crippen molar-refractivity contribution in [2.75, 3.05) is 66.1 Å². The fourth-order valence-corrected chi connectivity index (χ4v) is 2.72. The van der Waals surface area contributed by atoms with Gasteiger partial charge in [-0.15, -0.1) is 0 Å². The first-order valence-electron chi connectivity index (χ1n) is 8.60. The molecule has 0 bridgehead atoms. The molecular weight excluding hydrogens is 314 g/mol. The van der Waals surface area contributed by atoms with Crippen molar-refractivity contribution in [3.05, 3.63) is 0 Å². The lowest BCUT2D eigenvalue weighted by Crippen LogP contribution is -2.43. The number of carbonyl (C=O) groups excluding carboxylic acids is 1. The standard InChI is InChI=1S/C15H29N3O3.CH2O2/c1-17-6-3-14(4-7-17)21-10-2-5-16-15(19)13-18-8-11-20-12-9-18;2-1-3/h14H,2-13H2,1H3,(H,16,19);1H,(H,2,3). The van der Waals surface area contributed by atoms with E-state index in [1.165, 1.54) is 0 Å². The lowest BCUT2D eigenvalue weighted by atomic mass is 10.1. The molecule has 2 rings (SSSR count). The molecule has 0 spiro atoms. The summed E-state index contributed by atoms with van der Waals surface area (Å²) in [7, 11) is 2.15. The Balaban J connectivity index is 0.000000891. The summed E-state index contributed by atoms with van der Waals surface area (Å²) in [6, 6.07) is 0. The molecule has 2 fully saturated rings. The van der Waals surface area contributed by atoms with Gasteiger partial charge in [0.15, 0.2) is 0 Å². The van der Waals surface area contributed by atoms with Crippen LogP contribution in [-0.4, -0.2) is 99.5 Å². The molecule has 2 saturated heterocycles. The van der Waals surface area contributed by atoms with Gasteiger partial charge < -0.3 is 24.8 Å². The number of rotatable bonds is 7. The quantitative estimate of drug-likeness (QED) is 0.481. The van der Waals surface area contributed by atoms with Crippen LogP contribution >= 0.6 is 0 Å². The third-order valence-electron chi connectivity index (χ3n) is 4.13. The van der Waals surface area contributed by atoms with E-state index in [2.05, 4.69) is 22.2 Å². The summed E-state index contributed by atoms with van der Waals surface area (Å²) in [4.78, 5) is 24.6. The minimum absolute atomic E-state index is 0.108. The highest BCUT2D eigenvalue weighted by Gasteiger charge is 2.17. The van der Waals surface area contributed by atoms with E-state index in [-0.39, 0.29) is 12.4 Å². The maximum absolute atomic E-state index is 11.8. The van der Waals surface area contributed by atoms with Gasteiger partial charge >= 0.3 is 0 Å². The number of hydrogen-bond acceptors (Lipinski definition) is 6. The first-order chi connectivity index (χ1) is 11.7. The normalized spacial score (nSPS) is 20.0. The number of morpholine rings is 1. The maximum atomic E-state index is 11.8. The van der Waals surface area contributed by atoms with Crippen LogP contribution in [0.5, 0.6) is 0 Å². The van der Waals surface area contributed by atoms with E-state index >= 15 is 0 Å². The Morgan fingerprint density at radius 3 is 2.54 bits per heavy atom. The monoisotopic (exact) mass is 345 g/mol. The Morgan fingerprint density at radius 1 is 1.29 bits per heavy atom. The van der Waals surface area contributed by atoms with E-state index in [0.29, 0.717) is 19.2 Å². The number of piperidine rings is 1. The van der Waals surface area contributed by atoms with E-state index in [4.69, 9.17) is 19.4 Å². The summed E-state index contributed by atoms with van der Waals surface area (Å²) >= 11 is 0. The van der Waals surface area contributed by atoms with Gasteiger partial charge in [-0.3, -0.25) is 14.5 Å². The molecule has 0 aliphatic carbocycles. The van der Waals surface area contributed by atoms with Gasteiger partial charge in [-0.25, -0.2) is 0 Å². The molecular formula is C16H31N3O5. The summed E-state index contributed by atoms with van der Waals surface area (Å²) in [6.45, 7) is 7.11. The number of likely N-dealkylation sites (tertiary alicyclic amines) is 1. The number of amides is 1. The van der Waals surface area contributed by atoms with Crippen LogP contribution in [0.15, 0.2) is 0 Å². The lowest BCUT2D eigenvalue weighted by molar-refractivity contribution is -0.124. The second kappa shape index (κ2) is 13.1. The van der Waals surface area contributed by atoms with E-state index < -0.39 is 0 Å². The predicted molar refractivity (Wildman–Crippen MR) is 90.0 cm³/mol. The number of nitrogens with zero attached hydrogens (tertiary/aromatic N) is 2. The third kappa shape index (κ3) is 9.82. The zero-order valence-electron chi connectivity index (χ0n) is 14.6. The average molecular weight is 345 g/mol. The highest BCUT2D eigenvalue weighted by Crippen LogP contribution is 2.11. The number of nitrogens with one attached hydrogen (secondary N) is 1. The zero-order chi connectivity index (χ0) is 17.6. The van der Waals surface area contributed by atoms with E-state index in [1.54, 1.807) is 0 Å². The molecule has 2 aliphatic rings. The van der Waals surface area contributed by atoms with Crippen molar-refractivity contribution < 1.29 is 24.2 Å². The fourth-order valence-electron chi connectivity index (χ4n) is 2.72. The topological polar surface area (TPSA) is 91.3 Å². The number of carbonyl (C=O) groups is 2. The molecule has 2 N–H and O–H groups in total. The van der Waals surface area contributed by atoms with Crippen molar-refractivity contribution in [1.29, 1.82) is 0 Å². The van der Waals surface area contributed by atoms with Crippen LogP contribution in [-0.2, 0) is 19.1 Å². The van der Waals surface area contributed by atoms with E-state index in [1.807, 2.05) is 0 Å². The molecule has 0 aromatic carbocycles. The second-order valence-corrected chi connectivity index (χ2v) is 6.07. The molecule has 0 unspecified atom stereocenters. The van der Waals surface area contributed by atoms with Gasteiger partial charge in [0.05, 0.1) is 25.9 Å². The average Bonchev–Trinajstić information content (AvgIpc) is 2.58. The van der Waals surface area contributed by atoms with Gasteiger partial charge in [0, 0.05) is 39.3 Å². The van der Waals surface area contributed by atoms with Crippen LogP contribution in [0, 0.1) is 0 Å². The molecule has 2 aliphatic heterocycles. The van der Waals surface area contributed by atoms with E-state index in [0.717, 1.165) is 65.3 Å². The summed E-state index contributed by atoms with van der Waals surface area (Å²) in [6.07, 6.45) is 3.55. The van der Waals surface area contributed by atoms with Crippen molar-refractivity contribution in [3.63, 3.8) is 0 Å². The smallest absolute Gasteiger partial charge is 0.290 e. The molecule has 8 heteroatoms. The lowest BCUT2D eigenvalue weighted by Gasteiger charge is -2.29. The van der Waals surface area contributed by atoms with Gasteiger partial charge in [0.1, 0.15) is 0 Å². The molecule has 8 nitrogen and oxygen atoms in total. The molecule has 24 heavy (non-hydrogen) atoms. The molecule has 2 heterocycles. The van der Waals surface area contributed by atoms with Crippen LogP contribution < -0.4 is 5.32 Å². The molecule has 1 amide bonds. The zero-order valence-corrected chi connectivity index (χ0v) is 14.6. The third-order valence-corrected chi connectivity index (χ3v) is 4.13. The van der Waals surface area contributed by atoms with Gasteiger partial charge in [-0.1, -0.05) is 0 Å². The Kier molecular flexibility index (Phi) is 11.4. The van der Waals surface area contributed by atoms with Gasteiger partial charge in [-0.2, -0.15) is 0 Å². The van der Waals surface area contributed by atoms with Gasteiger partial charge in [0.25, 0.3) is 6.47 Å². The van der Waals surface area contributed by atoms with Crippen LogP contribution in [0.25, 0.3) is 0 Å². The maximum Gasteiger partial charge on any atom is 0.290 e. The summed E-state index contributed by atoms with van der Waals surface area (Å²) in [5.41, 5.74) is 0. The number of hydrogen-bond donors (Lipinski definition) is 2. The first kappa shape index (κ1) is 20.8. The van der Waals surface area contributed by atoms with Crippen molar-refractivity contribution in [3.8, 4) is 0 Å². The van der Waals surface area contributed by atoms with Crippen LogP contribution in [0.3, 0.4) is 0 Å². The van der Waals surface area contributed by atoms with Gasteiger partial charge in [0.2, 0.25) is 5.91 Å². The second-order valence-electron chi connectivity index (χ2n) is 6.07. The summed E-state index contributed by atoms with van der Waals surface area (Å²) in [5, 5.41) is 9.85. The molecule has 0 radical (unpaired) electrons. The van der Waals surface area contributed by atoms with E-state index in [9.17, 15) is 4.79 Å². The Bertz CT molecular complexity index is 343. The number of carboxylic acid groups (broad SMARTS) is 1. The highest BCUT2D eigenvalue weighted by atomic mass is 16.5. The molecule has 140 valence electrons. The molecule has 0 saturated carbocycles. The van der Waals surface area contributed by atoms with Crippen molar-refractivity contribution in [2.24, 2.45) is 0 Å². The largest absolute Gasteiger partial charge is 0.483 e. The van der Waals surface area contributed by atoms with Crippen molar-refractivity contribution in [1.82, 2.24) is 15.1 Å². The molecule has 0 aromatic heterocycles. The Hall–Kier alpha value is -1.22. The predicted octanol–water partition coefficient (Wildman–Crippen LogP) is -0.363. The van der Waals surface area contributed by atoms with Crippen LogP contribution in [0.1, 0.15) is 19.3 Å². The van der Waals surface area contributed by atoms with Crippen molar-refractivity contribution >= 4 is 12.4 Å².